The van der Waals surface area contributed by atoms with Crippen molar-refractivity contribution >= 4 is 69.0 Å². The van der Waals surface area contributed by atoms with Crippen molar-refractivity contribution in [3.8, 4) is 44.5 Å². The number of nitrogens with zero attached hydrogens (tertiary/aromatic N) is 4. The number of fused-ring (bicyclic) bond motifs is 8. The topological polar surface area (TPSA) is 54.0 Å². The normalized spacial score (nSPS) is 13.4. The van der Waals surface area contributed by atoms with Gasteiger partial charge in [-0.05, 0) is 169 Å². The smallest absolute Gasteiger partial charge is 0.657 e. The van der Waals surface area contributed by atoms with Crippen LogP contribution < -0.4 is 9.97 Å². The molecule has 0 unspecified atom stereocenters. The Labute approximate surface area is 467 Å². The van der Waals surface area contributed by atoms with E-state index in [4.69, 9.17) is 19.9 Å². The summed E-state index contributed by atoms with van der Waals surface area (Å²) < 4.78 is 1.17. The molecule has 3 aromatic heterocycles. The van der Waals surface area contributed by atoms with Crippen molar-refractivity contribution in [1.29, 1.82) is 0 Å². The van der Waals surface area contributed by atoms with Gasteiger partial charge in [-0.15, -0.1) is 22.1 Å². The van der Waals surface area contributed by atoms with Gasteiger partial charge in [0.05, 0.1) is 22.8 Å². The Kier molecular flexibility index (Phi) is 14.4. The number of halogens is 1. The monoisotopic (exact) mass is 1140 g/mol. The first-order valence-electron chi connectivity index (χ1n) is 26.1. The van der Waals surface area contributed by atoms with Gasteiger partial charge in [0.25, 0.3) is 0 Å². The van der Waals surface area contributed by atoms with Crippen LogP contribution in [-0.4, -0.2) is 9.97 Å². The van der Waals surface area contributed by atoms with Crippen LogP contribution in [0.25, 0.3) is 90.9 Å². The quantitative estimate of drug-likeness (QED) is 0.130. The number of aromatic nitrogens is 4. The molecule has 0 spiro atoms. The third-order valence-electron chi connectivity index (χ3n) is 14.6. The van der Waals surface area contributed by atoms with Crippen LogP contribution in [0.1, 0.15) is 181 Å². The van der Waals surface area contributed by atoms with E-state index in [-0.39, 0.29) is 49.6 Å². The molecule has 0 saturated heterocycles. The molecule has 6 heteroatoms. The van der Waals surface area contributed by atoms with E-state index >= 15 is 0 Å². The van der Waals surface area contributed by atoms with E-state index in [0.717, 1.165) is 89.4 Å². The molecule has 0 atom stereocenters. The maximum absolute atomic E-state index is 5.76. The maximum atomic E-state index is 5.76. The van der Waals surface area contributed by atoms with Crippen molar-refractivity contribution in [2.75, 3.05) is 0 Å². The Hall–Kier alpha value is -5.27. The van der Waals surface area contributed by atoms with Crippen molar-refractivity contribution < 1.29 is 17.1 Å². The first kappa shape index (κ1) is 55.0. The molecule has 0 fully saturated rings. The standard InChI is InChI=1S/C68H75IN4.Cu/c1-63(2,3)44-31-41(32-45(37-44)64(4,5)6)60-53-25-23-51(70-53)59(40-19-21-50(69)22-20-40)52-24-26-54(71-52)61(42-33-46(65(7,8)9)38-47(34-42)66(10,11)12)56-28-30-58(73-56)62(57-29-27-55(60)72-57)43-35-48(67(13,14)15)39-49(36-43)68(16,17)18;/h19-39H,1-18H3;/q-2;+2. The third kappa shape index (κ3) is 11.2. The molecule has 0 N–H and O–H groups in total. The minimum Gasteiger partial charge on any atom is -0.657 e. The van der Waals surface area contributed by atoms with E-state index in [0.29, 0.717) is 0 Å². The number of hydrogen-bond acceptors (Lipinski definition) is 2. The van der Waals surface area contributed by atoms with Crippen LogP contribution in [0.3, 0.4) is 0 Å². The van der Waals surface area contributed by atoms with Crippen LogP contribution in [0, 0.1) is 3.57 Å². The van der Waals surface area contributed by atoms with Gasteiger partial charge >= 0.3 is 17.1 Å². The molecule has 1 radical (unpaired) electrons. The first-order chi connectivity index (χ1) is 33.8. The average molecular weight is 1140 g/mol. The van der Waals surface area contributed by atoms with Gasteiger partial charge in [0, 0.05) is 3.57 Å². The van der Waals surface area contributed by atoms with Crippen LogP contribution >= 0.6 is 22.6 Å². The second-order valence-corrected chi connectivity index (χ2v) is 28.0. The molecule has 8 bridgehead atoms. The van der Waals surface area contributed by atoms with Gasteiger partial charge in [-0.2, -0.15) is 0 Å². The van der Waals surface area contributed by atoms with Crippen molar-refractivity contribution in [3.63, 3.8) is 0 Å². The summed E-state index contributed by atoms with van der Waals surface area (Å²) in [5.41, 5.74) is 22.3. The molecule has 0 aliphatic carbocycles. The Morgan fingerprint density at radius 3 is 0.730 bits per heavy atom. The summed E-state index contributed by atoms with van der Waals surface area (Å²) in [5.74, 6) is 0. The van der Waals surface area contributed by atoms with Crippen molar-refractivity contribution in [3.05, 3.63) is 163 Å². The Morgan fingerprint density at radius 1 is 0.297 bits per heavy atom. The van der Waals surface area contributed by atoms with E-state index in [1.807, 2.05) is 0 Å². The molecule has 7 aromatic rings. The summed E-state index contributed by atoms with van der Waals surface area (Å²) in [6, 6.07) is 38.9. The summed E-state index contributed by atoms with van der Waals surface area (Å²) >= 11 is 2.39. The molecule has 2 aliphatic rings. The third-order valence-corrected chi connectivity index (χ3v) is 15.3. The second-order valence-electron chi connectivity index (χ2n) is 26.8. The van der Waals surface area contributed by atoms with Crippen molar-refractivity contribution in [2.24, 2.45) is 0 Å². The number of hydrogen-bond donors (Lipinski definition) is 0. The fourth-order valence-corrected chi connectivity index (χ4v) is 10.2. The molecular weight excluding hydrogens is 1060 g/mol. The molecule has 9 rings (SSSR count). The van der Waals surface area contributed by atoms with Gasteiger partial charge in [0.15, 0.2) is 0 Å². The fourth-order valence-electron chi connectivity index (χ4n) is 9.80. The van der Waals surface area contributed by atoms with Crippen molar-refractivity contribution in [1.82, 2.24) is 19.9 Å². The van der Waals surface area contributed by atoms with Crippen LogP contribution in [0.15, 0.2) is 103 Å². The zero-order valence-electron chi connectivity index (χ0n) is 47.1. The molecule has 4 aromatic carbocycles. The Bertz CT molecular complexity index is 3380. The van der Waals surface area contributed by atoms with Crippen LogP contribution in [0.5, 0.6) is 0 Å². The van der Waals surface area contributed by atoms with Gasteiger partial charge in [0.2, 0.25) is 0 Å². The summed E-state index contributed by atoms with van der Waals surface area (Å²) in [7, 11) is 0. The van der Waals surface area contributed by atoms with E-state index in [1.165, 1.54) is 37.0 Å². The number of rotatable bonds is 4. The molecule has 0 amide bonds. The summed E-state index contributed by atoms with van der Waals surface area (Å²) in [6.45, 7) is 41.5. The Morgan fingerprint density at radius 2 is 0.514 bits per heavy atom. The summed E-state index contributed by atoms with van der Waals surface area (Å²) in [4.78, 5) is 22.9. The van der Waals surface area contributed by atoms with Crippen LogP contribution in [0.2, 0.25) is 0 Å². The minimum atomic E-state index is -0.103. The predicted octanol–water partition coefficient (Wildman–Crippen LogP) is 19.0. The second kappa shape index (κ2) is 19.4. The van der Waals surface area contributed by atoms with Crippen LogP contribution in [-0.2, 0) is 49.6 Å². The average Bonchev–Trinajstić information content (AvgIpc) is 4.13. The first-order valence-corrected chi connectivity index (χ1v) is 27.2. The molecular formula is C68H75CuIN4. The van der Waals surface area contributed by atoms with Crippen LogP contribution in [0.4, 0.5) is 0 Å². The van der Waals surface area contributed by atoms with E-state index in [9.17, 15) is 0 Å². The van der Waals surface area contributed by atoms with Gasteiger partial charge in [-0.25, -0.2) is 9.97 Å². The summed E-state index contributed by atoms with van der Waals surface area (Å²) in [5, 5.41) is 0. The van der Waals surface area contributed by atoms with Gasteiger partial charge in [0.1, 0.15) is 0 Å². The molecule has 5 heterocycles. The minimum absolute atomic E-state index is 0. The van der Waals surface area contributed by atoms with Crippen molar-refractivity contribution in [2.45, 2.75) is 157 Å². The largest absolute Gasteiger partial charge is 2.00 e. The van der Waals surface area contributed by atoms with Gasteiger partial charge in [-0.3, -0.25) is 0 Å². The summed E-state index contributed by atoms with van der Waals surface area (Å²) in [6.07, 6.45) is 8.78. The predicted molar refractivity (Wildman–Crippen MR) is 323 cm³/mol. The van der Waals surface area contributed by atoms with Gasteiger partial charge in [-0.1, -0.05) is 216 Å². The van der Waals surface area contributed by atoms with E-state index in [1.54, 1.807) is 0 Å². The van der Waals surface area contributed by atoms with E-state index < -0.39 is 0 Å². The molecule has 385 valence electrons. The SMILES string of the molecule is CC(C)(C)c1cc(-c2c3nc(c(-c4cc(C(C)(C)C)cc(C(C)(C)C)c4)c4ccc([n-]4)c(-c4cc(C(C)(C)C)cc(C(C)(C)C)c4)c4nc(c(-c5ccc(I)cc5)c5ccc2[n-]5)C=C4)C=C3)cc(C(C)(C)C)c1.[Cu+2]. The van der Waals surface area contributed by atoms with E-state index in [2.05, 4.69) is 275 Å². The number of benzene rings is 4. The Balaban J connectivity index is 0.00000729. The van der Waals surface area contributed by atoms with Gasteiger partial charge < -0.3 is 9.97 Å². The molecule has 0 saturated carbocycles. The molecule has 4 nitrogen and oxygen atoms in total. The zero-order valence-corrected chi connectivity index (χ0v) is 50.2. The zero-order chi connectivity index (χ0) is 53.0. The molecule has 2 aliphatic heterocycles. The molecule has 74 heavy (non-hydrogen) atoms. The fraction of sp³-hybridized carbons (Fsp3) is 0.353. The maximum Gasteiger partial charge on any atom is 2.00 e.